The molecule has 0 aliphatic carbocycles. The number of ketones is 1. The monoisotopic (exact) mass is 180 g/mol. The summed E-state index contributed by atoms with van der Waals surface area (Å²) in [5, 5.41) is 3.14. The van der Waals surface area contributed by atoms with E-state index >= 15 is 0 Å². The fourth-order valence-corrected chi connectivity index (χ4v) is 0.958. The van der Waals surface area contributed by atoms with Crippen LogP contribution in [0.1, 0.15) is 22.1 Å². The van der Waals surface area contributed by atoms with Gasteiger partial charge < -0.3 is 4.42 Å². The third-order valence-electron chi connectivity index (χ3n) is 1.43. The van der Waals surface area contributed by atoms with Crippen LogP contribution in [-0.4, -0.2) is 17.3 Å². The average molecular weight is 180 g/mol. The van der Waals surface area contributed by atoms with Crippen molar-refractivity contribution in [2.24, 2.45) is 5.11 Å². The molecule has 68 valence electrons. The van der Waals surface area contributed by atoms with Gasteiger partial charge in [-0.05, 0) is 12.5 Å². The molecule has 6 heteroatoms. The molecular weight excluding hydrogens is 172 g/mol. The van der Waals surface area contributed by atoms with Crippen LogP contribution in [0.3, 0.4) is 0 Å². The van der Waals surface area contributed by atoms with E-state index in [1.807, 2.05) is 0 Å². The third-order valence-corrected chi connectivity index (χ3v) is 1.43. The van der Waals surface area contributed by atoms with Crippen LogP contribution in [0.2, 0.25) is 0 Å². The van der Waals surface area contributed by atoms with E-state index in [4.69, 9.17) is 9.95 Å². The Morgan fingerprint density at radius 3 is 2.85 bits per heavy atom. The molecule has 0 N–H and O–H groups in total. The fourth-order valence-electron chi connectivity index (χ4n) is 0.958. The van der Waals surface area contributed by atoms with Crippen LogP contribution in [0.5, 0.6) is 0 Å². The molecule has 0 spiro atoms. The van der Waals surface area contributed by atoms with Gasteiger partial charge in [0.1, 0.15) is 0 Å². The van der Waals surface area contributed by atoms with Crippen molar-refractivity contribution in [2.75, 3.05) is 6.54 Å². The lowest BCUT2D eigenvalue weighted by Gasteiger charge is -1.90. The van der Waals surface area contributed by atoms with E-state index in [0.29, 0.717) is 11.6 Å². The lowest BCUT2D eigenvalue weighted by atomic mass is 10.2. The molecule has 0 amide bonds. The lowest BCUT2D eigenvalue weighted by Crippen LogP contribution is -2.02. The first kappa shape index (κ1) is 9.28. The minimum absolute atomic E-state index is 0.171. The van der Waals surface area contributed by atoms with E-state index in [9.17, 15) is 4.79 Å². The topological polar surface area (TPSA) is 91.9 Å². The molecule has 0 aromatic carbocycles. The van der Waals surface area contributed by atoms with Crippen LogP contribution in [0, 0.1) is 13.8 Å². The Morgan fingerprint density at radius 2 is 2.38 bits per heavy atom. The molecule has 1 heterocycles. The van der Waals surface area contributed by atoms with Crippen molar-refractivity contribution < 1.29 is 9.21 Å². The van der Waals surface area contributed by atoms with Crippen LogP contribution in [0.25, 0.3) is 10.4 Å². The maximum absolute atomic E-state index is 11.2. The zero-order chi connectivity index (χ0) is 9.84. The van der Waals surface area contributed by atoms with Crippen molar-refractivity contribution in [3.63, 3.8) is 0 Å². The normalized spacial score (nSPS) is 9.38. The van der Waals surface area contributed by atoms with E-state index in [-0.39, 0.29) is 18.1 Å². The summed E-state index contributed by atoms with van der Waals surface area (Å²) in [6.07, 6.45) is 0. The standard InChI is InChI=1S/C7H8N4O2/c1-4-7(13-5(2)10-4)6(12)3-9-11-8/h3H2,1-2H3. The summed E-state index contributed by atoms with van der Waals surface area (Å²) in [6.45, 7) is 3.09. The molecule has 0 radical (unpaired) electrons. The minimum Gasteiger partial charge on any atom is -0.438 e. The highest BCUT2D eigenvalue weighted by Gasteiger charge is 2.14. The molecule has 1 aromatic rings. The summed E-state index contributed by atoms with van der Waals surface area (Å²) >= 11 is 0. The van der Waals surface area contributed by atoms with Crippen molar-refractivity contribution in [1.82, 2.24) is 4.98 Å². The van der Waals surface area contributed by atoms with Gasteiger partial charge in [-0.3, -0.25) is 4.79 Å². The van der Waals surface area contributed by atoms with E-state index in [0.717, 1.165) is 0 Å². The first-order valence-electron chi connectivity index (χ1n) is 3.63. The van der Waals surface area contributed by atoms with Crippen LogP contribution >= 0.6 is 0 Å². The number of hydrogen-bond acceptors (Lipinski definition) is 4. The van der Waals surface area contributed by atoms with Crippen molar-refractivity contribution >= 4 is 5.78 Å². The second-order valence-corrected chi connectivity index (χ2v) is 2.46. The highest BCUT2D eigenvalue weighted by Crippen LogP contribution is 2.09. The van der Waals surface area contributed by atoms with Crippen LogP contribution in [-0.2, 0) is 0 Å². The van der Waals surface area contributed by atoms with Gasteiger partial charge in [0.15, 0.2) is 11.7 Å². The molecule has 1 aromatic heterocycles. The first-order valence-corrected chi connectivity index (χ1v) is 3.63. The van der Waals surface area contributed by atoms with E-state index in [1.54, 1.807) is 13.8 Å². The van der Waals surface area contributed by atoms with Gasteiger partial charge in [-0.15, -0.1) is 0 Å². The van der Waals surface area contributed by atoms with Gasteiger partial charge in [-0.2, -0.15) is 0 Å². The Morgan fingerprint density at radius 1 is 1.69 bits per heavy atom. The number of azide groups is 1. The predicted molar refractivity (Wildman–Crippen MR) is 44.3 cm³/mol. The molecule has 0 aliphatic heterocycles. The molecule has 0 fully saturated rings. The minimum atomic E-state index is -0.351. The number of aryl methyl sites for hydroxylation is 2. The molecule has 1 rings (SSSR count). The zero-order valence-electron chi connectivity index (χ0n) is 7.31. The van der Waals surface area contributed by atoms with Gasteiger partial charge in [-0.25, -0.2) is 4.98 Å². The van der Waals surface area contributed by atoms with Crippen LogP contribution in [0.4, 0.5) is 0 Å². The maximum atomic E-state index is 11.2. The summed E-state index contributed by atoms with van der Waals surface area (Å²) in [5.74, 6) is 0.252. The van der Waals surface area contributed by atoms with Gasteiger partial charge in [0.25, 0.3) is 0 Å². The molecule has 13 heavy (non-hydrogen) atoms. The number of nitrogens with zero attached hydrogens (tertiary/aromatic N) is 4. The molecule has 0 bridgehead atoms. The van der Waals surface area contributed by atoms with Crippen molar-refractivity contribution in [3.05, 3.63) is 27.8 Å². The Hall–Kier alpha value is -1.81. The molecule has 0 aliphatic rings. The quantitative estimate of drug-likeness (QED) is 0.307. The number of oxazole rings is 1. The van der Waals surface area contributed by atoms with Gasteiger partial charge in [0.05, 0.1) is 12.2 Å². The van der Waals surface area contributed by atoms with E-state index < -0.39 is 0 Å². The van der Waals surface area contributed by atoms with E-state index in [2.05, 4.69) is 15.0 Å². The molecule has 0 saturated heterocycles. The third kappa shape index (κ3) is 2.07. The summed E-state index contributed by atoms with van der Waals surface area (Å²) in [7, 11) is 0. The Bertz CT molecular complexity index is 376. The Labute approximate surface area is 74.2 Å². The molecule has 6 nitrogen and oxygen atoms in total. The van der Waals surface area contributed by atoms with Crippen LogP contribution in [0.15, 0.2) is 9.53 Å². The fraction of sp³-hybridized carbons (Fsp3) is 0.429. The largest absolute Gasteiger partial charge is 0.438 e. The number of carbonyl (C=O) groups is 1. The number of carbonyl (C=O) groups excluding carboxylic acids is 1. The highest BCUT2D eigenvalue weighted by atomic mass is 16.4. The smallest absolute Gasteiger partial charge is 0.205 e. The van der Waals surface area contributed by atoms with E-state index in [1.165, 1.54) is 0 Å². The van der Waals surface area contributed by atoms with Crippen molar-refractivity contribution in [3.8, 4) is 0 Å². The Balaban J connectivity index is 2.88. The second-order valence-electron chi connectivity index (χ2n) is 2.46. The SMILES string of the molecule is Cc1nc(C)c(C(=O)CN=[N+]=[N-])o1. The van der Waals surface area contributed by atoms with Gasteiger partial charge >= 0.3 is 0 Å². The number of aromatic nitrogens is 1. The summed E-state index contributed by atoms with van der Waals surface area (Å²) in [5.41, 5.74) is 8.52. The molecular formula is C7H8N4O2. The Kier molecular flexibility index (Phi) is 2.66. The van der Waals surface area contributed by atoms with Gasteiger partial charge in [0, 0.05) is 11.8 Å². The van der Waals surface area contributed by atoms with Crippen LogP contribution < -0.4 is 0 Å². The summed E-state index contributed by atoms with van der Waals surface area (Å²) in [4.78, 5) is 17.6. The number of hydrogen-bond donors (Lipinski definition) is 0. The number of Topliss-reactive ketones (excluding diaryl/α,β-unsaturated/α-hetero) is 1. The van der Waals surface area contributed by atoms with Crippen molar-refractivity contribution in [2.45, 2.75) is 13.8 Å². The maximum Gasteiger partial charge on any atom is 0.205 e. The van der Waals surface area contributed by atoms with Gasteiger partial charge in [-0.1, -0.05) is 5.11 Å². The molecule has 0 saturated carbocycles. The summed E-state index contributed by atoms with van der Waals surface area (Å²) < 4.78 is 5.03. The second kappa shape index (κ2) is 3.73. The summed E-state index contributed by atoms with van der Waals surface area (Å²) in [6, 6.07) is 0. The lowest BCUT2D eigenvalue weighted by molar-refractivity contribution is 0.0973. The van der Waals surface area contributed by atoms with Crippen molar-refractivity contribution in [1.29, 1.82) is 0 Å². The highest BCUT2D eigenvalue weighted by molar-refractivity contribution is 5.96. The number of rotatable bonds is 3. The molecule has 0 unspecified atom stereocenters. The predicted octanol–water partition coefficient (Wildman–Crippen LogP) is 1.78. The zero-order valence-corrected chi connectivity index (χ0v) is 7.31. The van der Waals surface area contributed by atoms with Gasteiger partial charge in [0.2, 0.25) is 5.78 Å². The average Bonchev–Trinajstić information content (AvgIpc) is 2.41. The molecule has 0 atom stereocenters. The first-order chi connectivity index (χ1) is 6.15.